The van der Waals surface area contributed by atoms with Crippen molar-refractivity contribution in [2.75, 3.05) is 6.61 Å². The van der Waals surface area contributed by atoms with Crippen LogP contribution in [0.4, 0.5) is 0 Å². The van der Waals surface area contributed by atoms with Crippen LogP contribution in [0.3, 0.4) is 0 Å². The SMILES string of the molecule is C=C(CCCCC)C1OCCC(C)(C)S1. The summed E-state index contributed by atoms with van der Waals surface area (Å²) in [6, 6.07) is 0. The first kappa shape index (κ1) is 13.1. The Morgan fingerprint density at radius 3 is 2.80 bits per heavy atom. The number of ether oxygens (including phenoxy) is 1. The van der Waals surface area contributed by atoms with Crippen LogP contribution in [0.25, 0.3) is 0 Å². The van der Waals surface area contributed by atoms with E-state index in [0.29, 0.717) is 4.75 Å². The van der Waals surface area contributed by atoms with Gasteiger partial charge in [-0.1, -0.05) is 40.2 Å². The number of hydrogen-bond donors (Lipinski definition) is 0. The first-order valence-corrected chi connectivity index (χ1v) is 6.90. The fourth-order valence-electron chi connectivity index (χ4n) is 1.72. The molecule has 1 nitrogen and oxygen atoms in total. The van der Waals surface area contributed by atoms with Gasteiger partial charge < -0.3 is 4.74 Å². The lowest BCUT2D eigenvalue weighted by Gasteiger charge is -2.35. The second kappa shape index (κ2) is 5.95. The minimum Gasteiger partial charge on any atom is -0.363 e. The Labute approximate surface area is 98.7 Å². The van der Waals surface area contributed by atoms with Gasteiger partial charge in [-0.2, -0.15) is 0 Å². The zero-order valence-electron chi connectivity index (χ0n) is 10.3. The smallest absolute Gasteiger partial charge is 0.124 e. The Kier molecular flexibility index (Phi) is 5.20. The molecule has 0 N–H and O–H groups in total. The Hall–Kier alpha value is 0.0500. The summed E-state index contributed by atoms with van der Waals surface area (Å²) in [5.41, 5.74) is 1.52. The molecule has 0 aromatic heterocycles. The van der Waals surface area contributed by atoms with Crippen LogP contribution < -0.4 is 0 Å². The third-order valence-electron chi connectivity index (χ3n) is 2.83. The molecule has 2 heteroatoms. The fourth-order valence-corrected chi connectivity index (χ4v) is 2.95. The topological polar surface area (TPSA) is 9.23 Å². The predicted octanol–water partition coefficient (Wildman–Crippen LogP) is 4.38. The Morgan fingerprint density at radius 2 is 2.20 bits per heavy atom. The van der Waals surface area contributed by atoms with E-state index >= 15 is 0 Å². The third-order valence-corrected chi connectivity index (χ3v) is 4.36. The molecule has 0 amide bonds. The molecule has 1 aliphatic rings. The van der Waals surface area contributed by atoms with Crippen molar-refractivity contribution in [1.29, 1.82) is 0 Å². The summed E-state index contributed by atoms with van der Waals surface area (Å²) in [6.07, 6.45) is 6.12. The van der Waals surface area contributed by atoms with Gasteiger partial charge in [-0.05, 0) is 24.8 Å². The zero-order chi connectivity index (χ0) is 11.3. The van der Waals surface area contributed by atoms with Crippen LogP contribution in [0.5, 0.6) is 0 Å². The van der Waals surface area contributed by atoms with Gasteiger partial charge in [-0.3, -0.25) is 0 Å². The number of rotatable bonds is 5. The first-order chi connectivity index (χ1) is 7.05. The zero-order valence-corrected chi connectivity index (χ0v) is 11.2. The lowest BCUT2D eigenvalue weighted by atomic mass is 10.1. The van der Waals surface area contributed by atoms with Crippen molar-refractivity contribution < 1.29 is 4.74 Å². The van der Waals surface area contributed by atoms with Crippen LogP contribution in [0, 0.1) is 0 Å². The normalized spacial score (nSPS) is 25.1. The maximum absolute atomic E-state index is 5.77. The summed E-state index contributed by atoms with van der Waals surface area (Å²) in [7, 11) is 0. The van der Waals surface area contributed by atoms with Crippen LogP contribution >= 0.6 is 11.8 Å². The highest BCUT2D eigenvalue weighted by Gasteiger charge is 2.30. The van der Waals surface area contributed by atoms with Crippen LogP contribution in [0.15, 0.2) is 12.2 Å². The molecule has 0 aliphatic carbocycles. The molecule has 0 aromatic carbocycles. The van der Waals surface area contributed by atoms with Crippen LogP contribution in [-0.4, -0.2) is 16.8 Å². The maximum atomic E-state index is 5.77. The van der Waals surface area contributed by atoms with Gasteiger partial charge in [0, 0.05) is 11.4 Å². The molecular weight excluding hydrogens is 204 g/mol. The molecule has 1 heterocycles. The van der Waals surface area contributed by atoms with Crippen molar-refractivity contribution in [3.05, 3.63) is 12.2 Å². The molecule has 0 bridgehead atoms. The highest BCUT2D eigenvalue weighted by Crippen LogP contribution is 2.40. The van der Waals surface area contributed by atoms with E-state index < -0.39 is 0 Å². The largest absolute Gasteiger partial charge is 0.363 e. The Balaban J connectivity index is 2.32. The quantitative estimate of drug-likeness (QED) is 0.510. The molecule has 88 valence electrons. The maximum Gasteiger partial charge on any atom is 0.124 e. The lowest BCUT2D eigenvalue weighted by molar-refractivity contribution is 0.110. The molecule has 0 radical (unpaired) electrons. The molecular formula is C13H24OS. The summed E-state index contributed by atoms with van der Waals surface area (Å²) in [5.74, 6) is 0. The number of thioether (sulfide) groups is 1. The minimum absolute atomic E-state index is 0.241. The molecule has 1 fully saturated rings. The van der Waals surface area contributed by atoms with Crippen molar-refractivity contribution in [3.63, 3.8) is 0 Å². The Morgan fingerprint density at radius 1 is 1.47 bits per heavy atom. The molecule has 0 saturated carbocycles. The van der Waals surface area contributed by atoms with Gasteiger partial charge >= 0.3 is 0 Å². The molecule has 1 aliphatic heterocycles. The van der Waals surface area contributed by atoms with Gasteiger partial charge in [-0.25, -0.2) is 0 Å². The number of unbranched alkanes of at least 4 members (excludes halogenated alkanes) is 2. The standard InChI is InChI=1S/C13H24OS/c1-5-6-7-8-11(2)12-14-10-9-13(3,4)15-12/h12H,2,5-10H2,1,3-4H3. The van der Waals surface area contributed by atoms with Gasteiger partial charge in [0.2, 0.25) is 0 Å². The average Bonchev–Trinajstić information content (AvgIpc) is 2.16. The van der Waals surface area contributed by atoms with E-state index in [1.54, 1.807) is 0 Å². The molecule has 1 unspecified atom stereocenters. The van der Waals surface area contributed by atoms with E-state index in [4.69, 9.17) is 4.74 Å². The van der Waals surface area contributed by atoms with Crippen molar-refractivity contribution in [1.82, 2.24) is 0 Å². The third kappa shape index (κ3) is 4.60. The number of hydrogen-bond acceptors (Lipinski definition) is 2. The van der Waals surface area contributed by atoms with E-state index in [2.05, 4.69) is 27.4 Å². The van der Waals surface area contributed by atoms with Crippen LogP contribution in [-0.2, 0) is 4.74 Å². The van der Waals surface area contributed by atoms with Gasteiger partial charge in [0.15, 0.2) is 0 Å². The summed E-state index contributed by atoms with van der Waals surface area (Å²) in [4.78, 5) is 0. The van der Waals surface area contributed by atoms with E-state index in [0.717, 1.165) is 19.4 Å². The molecule has 1 atom stereocenters. The summed E-state index contributed by atoms with van der Waals surface area (Å²) < 4.78 is 6.13. The fraction of sp³-hybridized carbons (Fsp3) is 0.846. The van der Waals surface area contributed by atoms with Gasteiger partial charge in [-0.15, -0.1) is 11.8 Å². The lowest BCUT2D eigenvalue weighted by Crippen LogP contribution is -2.30. The van der Waals surface area contributed by atoms with Gasteiger partial charge in [0.25, 0.3) is 0 Å². The summed E-state index contributed by atoms with van der Waals surface area (Å²) >= 11 is 1.93. The van der Waals surface area contributed by atoms with E-state index in [1.165, 1.54) is 24.8 Å². The monoisotopic (exact) mass is 228 g/mol. The summed E-state index contributed by atoms with van der Waals surface area (Å²) in [5, 5.41) is 0. The molecule has 0 spiro atoms. The highest BCUT2D eigenvalue weighted by atomic mass is 32.2. The summed E-state index contributed by atoms with van der Waals surface area (Å²) in [6.45, 7) is 11.9. The molecule has 1 rings (SSSR count). The van der Waals surface area contributed by atoms with E-state index in [-0.39, 0.29) is 5.44 Å². The van der Waals surface area contributed by atoms with Crippen molar-refractivity contribution in [3.8, 4) is 0 Å². The average molecular weight is 228 g/mol. The second-order valence-corrected chi connectivity index (χ2v) is 6.71. The van der Waals surface area contributed by atoms with Crippen molar-refractivity contribution >= 4 is 11.8 Å². The molecule has 0 aromatic rings. The highest BCUT2D eigenvalue weighted by molar-refractivity contribution is 8.01. The Bertz CT molecular complexity index is 211. The van der Waals surface area contributed by atoms with Crippen LogP contribution in [0.2, 0.25) is 0 Å². The molecule has 1 saturated heterocycles. The van der Waals surface area contributed by atoms with Gasteiger partial charge in [0.05, 0.1) is 0 Å². The molecule has 15 heavy (non-hydrogen) atoms. The minimum atomic E-state index is 0.241. The van der Waals surface area contributed by atoms with Crippen molar-refractivity contribution in [2.45, 2.75) is 63.1 Å². The van der Waals surface area contributed by atoms with Crippen molar-refractivity contribution in [2.24, 2.45) is 0 Å². The van der Waals surface area contributed by atoms with Gasteiger partial charge in [0.1, 0.15) is 5.44 Å². The first-order valence-electron chi connectivity index (χ1n) is 6.02. The van der Waals surface area contributed by atoms with E-state index in [1.807, 2.05) is 11.8 Å². The van der Waals surface area contributed by atoms with E-state index in [9.17, 15) is 0 Å². The predicted molar refractivity (Wildman–Crippen MR) is 69.3 cm³/mol. The van der Waals surface area contributed by atoms with Crippen LogP contribution in [0.1, 0.15) is 52.9 Å². The second-order valence-electron chi connectivity index (χ2n) is 4.95.